The Kier molecular flexibility index (Phi) is 5.80. The maximum Gasteiger partial charge on any atom is 0.277 e. The van der Waals surface area contributed by atoms with Crippen LogP contribution in [-0.2, 0) is 6.42 Å². The van der Waals surface area contributed by atoms with E-state index >= 15 is 0 Å². The quantitative estimate of drug-likeness (QED) is 0.517. The third kappa shape index (κ3) is 4.20. The zero-order valence-electron chi connectivity index (χ0n) is 16.3. The molecule has 0 fully saturated rings. The van der Waals surface area contributed by atoms with Crippen LogP contribution in [0.1, 0.15) is 15.9 Å². The van der Waals surface area contributed by atoms with E-state index in [1.54, 1.807) is 0 Å². The summed E-state index contributed by atoms with van der Waals surface area (Å²) < 4.78 is 0. The highest BCUT2D eigenvalue weighted by Crippen LogP contribution is 2.31. The van der Waals surface area contributed by atoms with Gasteiger partial charge in [0.2, 0.25) is 0 Å². The first kappa shape index (κ1) is 19.3. The van der Waals surface area contributed by atoms with Crippen LogP contribution in [-0.4, -0.2) is 22.6 Å². The molecule has 30 heavy (non-hydrogen) atoms. The van der Waals surface area contributed by atoms with Crippen LogP contribution >= 0.6 is 0 Å². The van der Waals surface area contributed by atoms with E-state index in [-0.39, 0.29) is 5.56 Å². The molecule has 0 saturated heterocycles. The summed E-state index contributed by atoms with van der Waals surface area (Å²) in [6.45, 7) is 0.430. The van der Waals surface area contributed by atoms with E-state index in [4.69, 9.17) is 0 Å². The van der Waals surface area contributed by atoms with Gasteiger partial charge < -0.3 is 5.32 Å². The number of nitrogens with one attached hydrogen (secondary N) is 2. The van der Waals surface area contributed by atoms with Gasteiger partial charge in [-0.25, -0.2) is 5.10 Å². The van der Waals surface area contributed by atoms with Crippen molar-refractivity contribution >= 4 is 5.91 Å². The predicted octanol–water partition coefficient (Wildman–Crippen LogP) is 4.08. The zero-order chi connectivity index (χ0) is 20.8. The Bertz CT molecular complexity index is 1190. The van der Waals surface area contributed by atoms with Gasteiger partial charge in [0, 0.05) is 17.7 Å². The van der Waals surface area contributed by atoms with E-state index in [1.165, 1.54) is 0 Å². The number of carbonyl (C=O) groups is 1. The average molecular weight is 395 g/mol. The normalized spacial score (nSPS) is 10.5. The molecule has 0 aliphatic carbocycles. The van der Waals surface area contributed by atoms with E-state index < -0.39 is 11.5 Å². The van der Waals surface area contributed by atoms with E-state index in [0.29, 0.717) is 24.2 Å². The highest BCUT2D eigenvalue weighted by molar-refractivity contribution is 6.03. The van der Waals surface area contributed by atoms with Gasteiger partial charge in [0.15, 0.2) is 0 Å². The molecule has 2 N–H and O–H groups in total. The molecule has 148 valence electrons. The van der Waals surface area contributed by atoms with Crippen LogP contribution in [0.4, 0.5) is 0 Å². The molecule has 1 aromatic heterocycles. The largest absolute Gasteiger partial charge is 0.352 e. The number of amides is 1. The van der Waals surface area contributed by atoms with Crippen molar-refractivity contribution in [3.8, 4) is 22.4 Å². The van der Waals surface area contributed by atoms with Gasteiger partial charge in [-0.15, -0.1) is 0 Å². The number of benzene rings is 3. The van der Waals surface area contributed by atoms with Crippen molar-refractivity contribution in [1.82, 2.24) is 15.5 Å². The van der Waals surface area contributed by atoms with Gasteiger partial charge in [0.1, 0.15) is 5.56 Å². The van der Waals surface area contributed by atoms with Crippen molar-refractivity contribution in [1.29, 1.82) is 0 Å². The predicted molar refractivity (Wildman–Crippen MR) is 118 cm³/mol. The molecule has 0 bridgehead atoms. The lowest BCUT2D eigenvalue weighted by atomic mass is 9.95. The molecular weight excluding hydrogens is 374 g/mol. The van der Waals surface area contributed by atoms with E-state index in [0.717, 1.165) is 16.7 Å². The minimum absolute atomic E-state index is 0.0723. The summed E-state index contributed by atoms with van der Waals surface area (Å²) in [6, 6.07) is 28.8. The lowest BCUT2D eigenvalue weighted by Gasteiger charge is -2.14. The first-order valence-electron chi connectivity index (χ1n) is 9.79. The Balaban J connectivity index is 1.73. The fourth-order valence-corrected chi connectivity index (χ4v) is 3.41. The van der Waals surface area contributed by atoms with Crippen LogP contribution < -0.4 is 10.9 Å². The Morgan fingerprint density at radius 1 is 0.800 bits per heavy atom. The van der Waals surface area contributed by atoms with Crippen molar-refractivity contribution in [3.63, 3.8) is 0 Å². The minimum Gasteiger partial charge on any atom is -0.352 e. The summed E-state index contributed by atoms with van der Waals surface area (Å²) >= 11 is 0. The van der Waals surface area contributed by atoms with Crippen LogP contribution in [0, 0.1) is 0 Å². The number of nitrogens with zero attached hydrogens (tertiary/aromatic N) is 1. The van der Waals surface area contributed by atoms with Crippen LogP contribution in [0.15, 0.2) is 95.8 Å². The summed E-state index contributed by atoms with van der Waals surface area (Å²) in [4.78, 5) is 25.8. The molecule has 0 unspecified atom stereocenters. The molecular formula is C25H21N3O2. The molecule has 0 radical (unpaired) electrons. The highest BCUT2D eigenvalue weighted by Gasteiger charge is 2.22. The first-order valence-corrected chi connectivity index (χ1v) is 9.79. The van der Waals surface area contributed by atoms with E-state index in [9.17, 15) is 9.59 Å². The molecule has 0 aliphatic rings. The zero-order valence-corrected chi connectivity index (χ0v) is 16.3. The van der Waals surface area contributed by atoms with Gasteiger partial charge in [-0.05, 0) is 17.5 Å². The van der Waals surface area contributed by atoms with Crippen LogP contribution in [0.3, 0.4) is 0 Å². The summed E-state index contributed by atoms with van der Waals surface area (Å²) in [7, 11) is 0. The number of hydrogen-bond donors (Lipinski definition) is 2. The summed E-state index contributed by atoms with van der Waals surface area (Å²) in [6.07, 6.45) is 0.682. The van der Waals surface area contributed by atoms with Crippen LogP contribution in [0.5, 0.6) is 0 Å². The van der Waals surface area contributed by atoms with E-state index in [1.807, 2.05) is 91.0 Å². The summed E-state index contributed by atoms with van der Waals surface area (Å²) in [5, 5.41) is 9.67. The van der Waals surface area contributed by atoms with Gasteiger partial charge in [0.05, 0.1) is 5.69 Å². The molecule has 3 aromatic carbocycles. The second kappa shape index (κ2) is 9.01. The number of hydrogen-bond acceptors (Lipinski definition) is 3. The van der Waals surface area contributed by atoms with Gasteiger partial charge in [-0.3, -0.25) is 9.59 Å². The fourth-order valence-electron chi connectivity index (χ4n) is 3.41. The number of aromatic nitrogens is 2. The van der Waals surface area contributed by atoms with Crippen LogP contribution in [0.25, 0.3) is 22.4 Å². The van der Waals surface area contributed by atoms with E-state index in [2.05, 4.69) is 15.5 Å². The minimum atomic E-state index is -0.509. The second-order valence-electron chi connectivity index (χ2n) is 6.87. The number of H-pyrrole nitrogens is 1. The van der Waals surface area contributed by atoms with Gasteiger partial charge in [0.25, 0.3) is 11.5 Å². The maximum absolute atomic E-state index is 13.1. The summed E-state index contributed by atoms with van der Waals surface area (Å²) in [5.41, 5.74) is 3.37. The summed E-state index contributed by atoms with van der Waals surface area (Å²) in [5.74, 6) is -0.411. The first-order chi connectivity index (χ1) is 14.7. The molecule has 0 spiro atoms. The average Bonchev–Trinajstić information content (AvgIpc) is 2.80. The Hall–Kier alpha value is -3.99. The standard InChI is InChI=1S/C25H21N3O2/c29-24(26-17-16-18-10-4-1-5-11-18)22-21(19-12-6-2-7-13-19)23(27-28-25(22)30)20-14-8-3-9-15-20/h1-15H,16-17H2,(H,26,29)(H,28,30). The smallest absolute Gasteiger partial charge is 0.277 e. The number of aromatic amines is 1. The van der Waals surface area contributed by atoms with Gasteiger partial charge in [-0.1, -0.05) is 91.0 Å². The van der Waals surface area contributed by atoms with Crippen molar-refractivity contribution in [3.05, 3.63) is 112 Å². The molecule has 4 aromatic rings. The van der Waals surface area contributed by atoms with Crippen molar-refractivity contribution in [2.45, 2.75) is 6.42 Å². The maximum atomic E-state index is 13.1. The molecule has 1 amide bonds. The third-order valence-electron chi connectivity index (χ3n) is 4.86. The van der Waals surface area contributed by atoms with Crippen molar-refractivity contribution in [2.75, 3.05) is 6.54 Å². The lowest BCUT2D eigenvalue weighted by Crippen LogP contribution is -2.32. The lowest BCUT2D eigenvalue weighted by molar-refractivity contribution is 0.0953. The highest BCUT2D eigenvalue weighted by atomic mass is 16.2. The number of rotatable bonds is 6. The fraction of sp³-hybridized carbons (Fsp3) is 0.0800. The van der Waals surface area contributed by atoms with Crippen molar-refractivity contribution in [2.24, 2.45) is 0 Å². The molecule has 5 nitrogen and oxygen atoms in total. The molecule has 5 heteroatoms. The SMILES string of the molecule is O=C(NCCc1ccccc1)c1c(-c2ccccc2)c(-c2ccccc2)n[nH]c1=O. The molecule has 0 aliphatic heterocycles. The topological polar surface area (TPSA) is 74.8 Å². The number of carbonyl (C=O) groups excluding carboxylic acids is 1. The molecule has 4 rings (SSSR count). The molecule has 1 heterocycles. The Labute approximate surface area is 174 Å². The second-order valence-corrected chi connectivity index (χ2v) is 6.87. The Morgan fingerprint density at radius 2 is 1.37 bits per heavy atom. The molecule has 0 saturated carbocycles. The van der Waals surface area contributed by atoms with Crippen molar-refractivity contribution < 1.29 is 4.79 Å². The van der Waals surface area contributed by atoms with Crippen LogP contribution in [0.2, 0.25) is 0 Å². The van der Waals surface area contributed by atoms with Gasteiger partial charge in [-0.2, -0.15) is 5.10 Å². The third-order valence-corrected chi connectivity index (χ3v) is 4.86. The monoisotopic (exact) mass is 395 g/mol. The molecule has 0 atom stereocenters. The Morgan fingerprint density at radius 3 is 2.00 bits per heavy atom. The van der Waals surface area contributed by atoms with Gasteiger partial charge >= 0.3 is 0 Å².